The molecule has 1 aliphatic rings. The first-order valence-electron chi connectivity index (χ1n) is 4.38. The van der Waals surface area contributed by atoms with Gasteiger partial charge in [-0.2, -0.15) is 0 Å². The SMILES string of the molecule is C=C(COC)C1=CC=C(OC)CC1. The molecule has 0 aromatic heterocycles. The van der Waals surface area contributed by atoms with Crippen molar-refractivity contribution in [3.05, 3.63) is 35.6 Å². The van der Waals surface area contributed by atoms with E-state index in [0.29, 0.717) is 6.61 Å². The average molecular weight is 180 g/mol. The van der Waals surface area contributed by atoms with Gasteiger partial charge in [0.15, 0.2) is 0 Å². The second kappa shape index (κ2) is 4.87. The minimum Gasteiger partial charge on any atom is -0.501 e. The van der Waals surface area contributed by atoms with Crippen molar-refractivity contribution in [2.24, 2.45) is 0 Å². The third-order valence-corrected chi connectivity index (χ3v) is 2.15. The van der Waals surface area contributed by atoms with E-state index < -0.39 is 0 Å². The second-order valence-electron chi connectivity index (χ2n) is 3.07. The molecular formula is C11H16O2. The van der Waals surface area contributed by atoms with Crippen LogP contribution >= 0.6 is 0 Å². The van der Waals surface area contributed by atoms with Crippen molar-refractivity contribution >= 4 is 0 Å². The van der Waals surface area contributed by atoms with Crippen LogP contribution in [-0.4, -0.2) is 20.8 Å². The summed E-state index contributed by atoms with van der Waals surface area (Å²) in [5, 5.41) is 0. The molecular weight excluding hydrogens is 164 g/mol. The van der Waals surface area contributed by atoms with Crippen molar-refractivity contribution in [2.75, 3.05) is 20.8 Å². The van der Waals surface area contributed by atoms with Gasteiger partial charge in [-0.15, -0.1) is 0 Å². The Hall–Kier alpha value is -1.02. The van der Waals surface area contributed by atoms with Gasteiger partial charge in [-0.1, -0.05) is 12.7 Å². The summed E-state index contributed by atoms with van der Waals surface area (Å²) in [4.78, 5) is 0. The smallest absolute Gasteiger partial charge is 0.0958 e. The lowest BCUT2D eigenvalue weighted by molar-refractivity contribution is 0.226. The molecule has 0 aliphatic heterocycles. The Morgan fingerprint density at radius 2 is 2.15 bits per heavy atom. The summed E-state index contributed by atoms with van der Waals surface area (Å²) in [6.07, 6.45) is 6.02. The lowest BCUT2D eigenvalue weighted by Gasteiger charge is -2.15. The van der Waals surface area contributed by atoms with E-state index in [-0.39, 0.29) is 0 Å². The van der Waals surface area contributed by atoms with Crippen molar-refractivity contribution in [3.8, 4) is 0 Å². The van der Waals surface area contributed by atoms with Gasteiger partial charge in [0.1, 0.15) is 0 Å². The van der Waals surface area contributed by atoms with E-state index in [4.69, 9.17) is 9.47 Å². The van der Waals surface area contributed by atoms with Crippen LogP contribution in [0.15, 0.2) is 35.6 Å². The number of methoxy groups -OCH3 is 2. The topological polar surface area (TPSA) is 18.5 Å². The predicted molar refractivity (Wildman–Crippen MR) is 53.4 cm³/mol. The Kier molecular flexibility index (Phi) is 3.77. The zero-order valence-electron chi connectivity index (χ0n) is 8.30. The fraction of sp³-hybridized carbons (Fsp3) is 0.455. The molecule has 0 spiro atoms. The second-order valence-corrected chi connectivity index (χ2v) is 3.07. The molecule has 13 heavy (non-hydrogen) atoms. The van der Waals surface area contributed by atoms with Crippen LogP contribution in [-0.2, 0) is 9.47 Å². The first-order valence-corrected chi connectivity index (χ1v) is 4.38. The third-order valence-electron chi connectivity index (χ3n) is 2.15. The summed E-state index contributed by atoms with van der Waals surface area (Å²) in [5.74, 6) is 1.04. The molecule has 0 heterocycles. The fourth-order valence-corrected chi connectivity index (χ4v) is 1.35. The fourth-order valence-electron chi connectivity index (χ4n) is 1.35. The Labute approximate surface area is 79.5 Å². The molecule has 0 amide bonds. The molecule has 0 fully saturated rings. The molecule has 2 nitrogen and oxygen atoms in total. The van der Waals surface area contributed by atoms with Gasteiger partial charge < -0.3 is 9.47 Å². The van der Waals surface area contributed by atoms with E-state index in [0.717, 1.165) is 24.2 Å². The highest BCUT2D eigenvalue weighted by Gasteiger charge is 2.08. The first kappa shape index (κ1) is 10.1. The maximum Gasteiger partial charge on any atom is 0.0958 e. The molecule has 1 rings (SSSR count). The highest BCUT2D eigenvalue weighted by atomic mass is 16.5. The van der Waals surface area contributed by atoms with Gasteiger partial charge in [-0.3, -0.25) is 0 Å². The van der Waals surface area contributed by atoms with Crippen LogP contribution in [0.5, 0.6) is 0 Å². The van der Waals surface area contributed by atoms with E-state index >= 15 is 0 Å². The molecule has 0 saturated heterocycles. The zero-order valence-corrected chi connectivity index (χ0v) is 8.30. The number of allylic oxidation sites excluding steroid dienone is 3. The van der Waals surface area contributed by atoms with Crippen LogP contribution in [0.25, 0.3) is 0 Å². The maximum atomic E-state index is 5.13. The van der Waals surface area contributed by atoms with E-state index in [9.17, 15) is 0 Å². The lowest BCUT2D eigenvalue weighted by atomic mass is 9.98. The van der Waals surface area contributed by atoms with Gasteiger partial charge in [-0.05, 0) is 23.6 Å². The Bertz CT molecular complexity index is 249. The van der Waals surface area contributed by atoms with Crippen LogP contribution in [0, 0.1) is 0 Å². The highest BCUT2D eigenvalue weighted by molar-refractivity contribution is 5.35. The summed E-state index contributed by atoms with van der Waals surface area (Å²) in [6.45, 7) is 4.57. The van der Waals surface area contributed by atoms with Gasteiger partial charge >= 0.3 is 0 Å². The Balaban J connectivity index is 2.58. The van der Waals surface area contributed by atoms with Crippen LogP contribution < -0.4 is 0 Å². The summed E-state index contributed by atoms with van der Waals surface area (Å²) in [5.41, 5.74) is 2.33. The van der Waals surface area contributed by atoms with Crippen molar-refractivity contribution in [2.45, 2.75) is 12.8 Å². The maximum absolute atomic E-state index is 5.13. The van der Waals surface area contributed by atoms with E-state index in [1.54, 1.807) is 14.2 Å². The largest absolute Gasteiger partial charge is 0.501 e. The van der Waals surface area contributed by atoms with Crippen LogP contribution in [0.4, 0.5) is 0 Å². The average Bonchev–Trinajstić information content (AvgIpc) is 2.18. The monoisotopic (exact) mass is 180 g/mol. The number of ether oxygens (including phenoxy) is 2. The summed E-state index contributed by atoms with van der Waals surface area (Å²) in [6, 6.07) is 0. The molecule has 1 aliphatic carbocycles. The minimum absolute atomic E-state index is 0.613. The minimum atomic E-state index is 0.613. The van der Waals surface area contributed by atoms with Gasteiger partial charge in [0.25, 0.3) is 0 Å². The molecule has 0 aromatic rings. The van der Waals surface area contributed by atoms with Gasteiger partial charge in [0.05, 0.1) is 19.5 Å². The van der Waals surface area contributed by atoms with Gasteiger partial charge in [0.2, 0.25) is 0 Å². The molecule has 0 radical (unpaired) electrons. The Morgan fingerprint density at radius 1 is 1.38 bits per heavy atom. The first-order chi connectivity index (χ1) is 6.27. The van der Waals surface area contributed by atoms with Crippen LogP contribution in [0.2, 0.25) is 0 Å². The standard InChI is InChI=1S/C11H16O2/c1-9(8-12-2)10-4-6-11(13-3)7-5-10/h4,6H,1,5,7-8H2,2-3H3. The normalized spacial score (nSPS) is 16.2. The van der Waals surface area contributed by atoms with E-state index in [1.807, 2.05) is 6.08 Å². The van der Waals surface area contributed by atoms with Gasteiger partial charge in [-0.25, -0.2) is 0 Å². The molecule has 72 valence electrons. The predicted octanol–water partition coefficient (Wildman–Crippen LogP) is 2.44. The number of rotatable bonds is 4. The molecule has 0 N–H and O–H groups in total. The highest BCUT2D eigenvalue weighted by Crippen LogP contribution is 2.23. The van der Waals surface area contributed by atoms with Gasteiger partial charge in [0, 0.05) is 13.5 Å². The van der Waals surface area contributed by atoms with E-state index in [2.05, 4.69) is 12.7 Å². The molecule has 0 saturated carbocycles. The third kappa shape index (κ3) is 2.74. The molecule has 0 unspecified atom stereocenters. The summed E-state index contributed by atoms with van der Waals surface area (Å²) < 4.78 is 10.2. The number of hydrogen-bond donors (Lipinski definition) is 0. The quantitative estimate of drug-likeness (QED) is 0.661. The molecule has 2 heteroatoms. The zero-order chi connectivity index (χ0) is 9.68. The number of hydrogen-bond acceptors (Lipinski definition) is 2. The van der Waals surface area contributed by atoms with Crippen LogP contribution in [0.3, 0.4) is 0 Å². The molecule has 0 bridgehead atoms. The Morgan fingerprint density at radius 3 is 2.62 bits per heavy atom. The summed E-state index contributed by atoms with van der Waals surface area (Å²) >= 11 is 0. The van der Waals surface area contributed by atoms with Crippen molar-refractivity contribution < 1.29 is 9.47 Å². The van der Waals surface area contributed by atoms with Crippen molar-refractivity contribution in [1.29, 1.82) is 0 Å². The van der Waals surface area contributed by atoms with Crippen LogP contribution in [0.1, 0.15) is 12.8 Å². The van der Waals surface area contributed by atoms with E-state index in [1.165, 1.54) is 5.57 Å². The van der Waals surface area contributed by atoms with Crippen molar-refractivity contribution in [1.82, 2.24) is 0 Å². The molecule has 0 atom stereocenters. The lowest BCUT2D eigenvalue weighted by Crippen LogP contribution is -2.01. The molecule has 0 aromatic carbocycles. The van der Waals surface area contributed by atoms with Crippen molar-refractivity contribution in [3.63, 3.8) is 0 Å². The summed E-state index contributed by atoms with van der Waals surface area (Å²) in [7, 11) is 3.39.